The van der Waals surface area contributed by atoms with Gasteiger partial charge in [0.2, 0.25) is 0 Å². The lowest BCUT2D eigenvalue weighted by molar-refractivity contribution is 0.0697. The van der Waals surface area contributed by atoms with Crippen LogP contribution < -0.4 is 11.1 Å². The Bertz CT molecular complexity index is 582. The van der Waals surface area contributed by atoms with E-state index in [1.807, 2.05) is 6.92 Å². The molecule has 0 bridgehead atoms. The first-order valence-electron chi connectivity index (χ1n) is 5.20. The number of aryl methyl sites for hydroxylation is 1. The Hall–Kier alpha value is -2.15. The molecule has 2 aromatic rings. The summed E-state index contributed by atoms with van der Waals surface area (Å²) in [5.41, 5.74) is 5.89. The lowest BCUT2D eigenvalue weighted by atomic mass is 10.2. The number of nitrogen functional groups attached to an aromatic ring is 1. The summed E-state index contributed by atoms with van der Waals surface area (Å²) in [6.07, 6.45) is 3.19. The minimum Gasteiger partial charge on any atom is -0.478 e. The number of carbonyl (C=O) groups is 1. The molecular formula is C11H12N4O2S. The summed E-state index contributed by atoms with van der Waals surface area (Å²) < 4.78 is 0. The number of nitrogens with two attached hydrogens (primary N) is 1. The number of carboxylic acid groups (broad SMARTS) is 1. The van der Waals surface area contributed by atoms with Crippen LogP contribution in [0.1, 0.15) is 20.2 Å². The van der Waals surface area contributed by atoms with E-state index in [0.29, 0.717) is 18.1 Å². The van der Waals surface area contributed by atoms with Crippen molar-refractivity contribution < 1.29 is 9.90 Å². The molecule has 0 unspecified atom stereocenters. The van der Waals surface area contributed by atoms with Gasteiger partial charge < -0.3 is 16.2 Å². The highest BCUT2D eigenvalue weighted by Gasteiger charge is 2.12. The molecule has 0 aromatic carbocycles. The molecule has 7 heteroatoms. The van der Waals surface area contributed by atoms with Crippen LogP contribution in [0.4, 0.5) is 11.5 Å². The van der Waals surface area contributed by atoms with Crippen LogP contribution >= 0.6 is 11.3 Å². The van der Waals surface area contributed by atoms with Crippen molar-refractivity contribution in [1.82, 2.24) is 9.97 Å². The SMILES string of the molecule is Cc1cnc(CNc2ncc(N)cc2C(=O)O)s1. The predicted octanol–water partition coefficient (Wildman–Crippen LogP) is 1.74. The smallest absolute Gasteiger partial charge is 0.339 e. The van der Waals surface area contributed by atoms with Gasteiger partial charge in [-0.15, -0.1) is 11.3 Å². The number of nitrogens with zero attached hydrogens (tertiary/aromatic N) is 2. The lowest BCUT2D eigenvalue weighted by Crippen LogP contribution is -2.09. The third-order valence-corrected chi connectivity index (χ3v) is 3.13. The van der Waals surface area contributed by atoms with Crippen LogP contribution in [0.15, 0.2) is 18.5 Å². The van der Waals surface area contributed by atoms with Crippen molar-refractivity contribution in [1.29, 1.82) is 0 Å². The summed E-state index contributed by atoms with van der Waals surface area (Å²) in [5, 5.41) is 12.9. The molecule has 0 aliphatic carbocycles. The molecule has 2 rings (SSSR count). The second kappa shape index (κ2) is 5.01. The predicted molar refractivity (Wildman–Crippen MR) is 69.8 cm³/mol. The average molecular weight is 264 g/mol. The first-order valence-corrected chi connectivity index (χ1v) is 6.02. The topological polar surface area (TPSA) is 101 Å². The molecule has 0 aliphatic heterocycles. The molecule has 0 spiro atoms. The zero-order chi connectivity index (χ0) is 13.1. The van der Waals surface area contributed by atoms with Gasteiger partial charge in [0.25, 0.3) is 0 Å². The molecule has 0 fully saturated rings. The monoisotopic (exact) mass is 264 g/mol. The van der Waals surface area contributed by atoms with Crippen LogP contribution in [0.3, 0.4) is 0 Å². The number of thiazole rings is 1. The van der Waals surface area contributed by atoms with E-state index in [4.69, 9.17) is 10.8 Å². The summed E-state index contributed by atoms with van der Waals surface area (Å²) in [6.45, 7) is 2.40. The van der Waals surface area contributed by atoms with Gasteiger partial charge in [-0.05, 0) is 13.0 Å². The normalized spacial score (nSPS) is 10.3. The molecule has 4 N–H and O–H groups in total. The van der Waals surface area contributed by atoms with E-state index in [0.717, 1.165) is 9.88 Å². The Kier molecular flexibility index (Phi) is 3.42. The van der Waals surface area contributed by atoms with Crippen molar-refractivity contribution in [3.63, 3.8) is 0 Å². The first kappa shape index (κ1) is 12.3. The standard InChI is InChI=1S/C11H12N4O2S/c1-6-3-13-9(18-6)5-15-10-8(11(16)17)2-7(12)4-14-10/h2-4H,5,12H2,1H3,(H,14,15)(H,16,17). The van der Waals surface area contributed by atoms with Gasteiger partial charge >= 0.3 is 5.97 Å². The Morgan fingerprint density at radius 3 is 2.89 bits per heavy atom. The van der Waals surface area contributed by atoms with Crippen molar-refractivity contribution in [3.05, 3.63) is 33.9 Å². The first-order chi connectivity index (χ1) is 8.56. The zero-order valence-electron chi connectivity index (χ0n) is 9.67. The molecular weight excluding hydrogens is 252 g/mol. The van der Waals surface area contributed by atoms with E-state index in [2.05, 4.69) is 15.3 Å². The molecule has 0 saturated carbocycles. The molecule has 0 saturated heterocycles. The molecule has 0 amide bonds. The molecule has 6 nitrogen and oxygen atoms in total. The Morgan fingerprint density at radius 1 is 1.50 bits per heavy atom. The minimum atomic E-state index is -1.06. The molecule has 94 valence electrons. The molecule has 0 atom stereocenters. The van der Waals surface area contributed by atoms with Crippen LogP contribution in [0, 0.1) is 6.92 Å². The van der Waals surface area contributed by atoms with Gasteiger partial charge in [-0.25, -0.2) is 14.8 Å². The largest absolute Gasteiger partial charge is 0.478 e. The number of aromatic nitrogens is 2. The van der Waals surface area contributed by atoms with Crippen LogP contribution in [0.25, 0.3) is 0 Å². The lowest BCUT2D eigenvalue weighted by Gasteiger charge is -2.07. The molecule has 0 radical (unpaired) electrons. The van der Waals surface area contributed by atoms with Crippen LogP contribution in [0.2, 0.25) is 0 Å². The quantitative estimate of drug-likeness (QED) is 0.777. The number of rotatable bonds is 4. The maximum Gasteiger partial charge on any atom is 0.339 e. The summed E-state index contributed by atoms with van der Waals surface area (Å²) in [6, 6.07) is 1.38. The summed E-state index contributed by atoms with van der Waals surface area (Å²) in [5.74, 6) is -0.767. The van der Waals surface area contributed by atoms with Gasteiger partial charge in [0.1, 0.15) is 16.4 Å². The van der Waals surface area contributed by atoms with E-state index in [1.54, 1.807) is 17.5 Å². The van der Waals surface area contributed by atoms with Crippen LogP contribution in [-0.2, 0) is 6.54 Å². The highest BCUT2D eigenvalue weighted by molar-refractivity contribution is 7.11. The minimum absolute atomic E-state index is 0.0586. The van der Waals surface area contributed by atoms with Gasteiger partial charge in [0, 0.05) is 11.1 Å². The zero-order valence-corrected chi connectivity index (χ0v) is 10.5. The third-order valence-electron chi connectivity index (χ3n) is 2.22. The number of anilines is 2. The highest BCUT2D eigenvalue weighted by atomic mass is 32.1. The fourth-order valence-corrected chi connectivity index (χ4v) is 2.15. The third kappa shape index (κ3) is 2.75. The number of aromatic carboxylic acids is 1. The van der Waals surface area contributed by atoms with E-state index in [-0.39, 0.29) is 5.56 Å². The number of pyridine rings is 1. The second-order valence-corrected chi connectivity index (χ2v) is 5.01. The summed E-state index contributed by atoms with van der Waals surface area (Å²) in [4.78, 5) is 20.3. The molecule has 2 aromatic heterocycles. The highest BCUT2D eigenvalue weighted by Crippen LogP contribution is 2.18. The number of hydrogen-bond acceptors (Lipinski definition) is 6. The molecule has 0 aliphatic rings. The Morgan fingerprint density at radius 2 is 2.28 bits per heavy atom. The van der Waals surface area contributed by atoms with Crippen LogP contribution in [0.5, 0.6) is 0 Å². The van der Waals surface area contributed by atoms with Crippen molar-refractivity contribution in [2.45, 2.75) is 13.5 Å². The van der Waals surface area contributed by atoms with Crippen molar-refractivity contribution >= 4 is 28.8 Å². The number of hydrogen-bond donors (Lipinski definition) is 3. The number of carboxylic acids is 1. The van der Waals surface area contributed by atoms with E-state index in [1.165, 1.54) is 12.3 Å². The fraction of sp³-hybridized carbons (Fsp3) is 0.182. The van der Waals surface area contributed by atoms with Crippen LogP contribution in [-0.4, -0.2) is 21.0 Å². The summed E-state index contributed by atoms with van der Waals surface area (Å²) >= 11 is 1.55. The van der Waals surface area contributed by atoms with Gasteiger partial charge in [0.15, 0.2) is 0 Å². The maximum atomic E-state index is 11.0. The van der Waals surface area contributed by atoms with E-state index in [9.17, 15) is 4.79 Å². The van der Waals surface area contributed by atoms with E-state index >= 15 is 0 Å². The van der Waals surface area contributed by atoms with E-state index < -0.39 is 5.97 Å². The van der Waals surface area contributed by atoms with Gasteiger partial charge in [0.05, 0.1) is 18.4 Å². The van der Waals surface area contributed by atoms with Crippen molar-refractivity contribution in [3.8, 4) is 0 Å². The molecule has 18 heavy (non-hydrogen) atoms. The summed E-state index contributed by atoms with van der Waals surface area (Å²) in [7, 11) is 0. The van der Waals surface area contributed by atoms with Crippen molar-refractivity contribution in [2.24, 2.45) is 0 Å². The Balaban J connectivity index is 2.16. The molecule has 2 heterocycles. The number of nitrogens with one attached hydrogen (secondary N) is 1. The Labute approximate surface area is 108 Å². The second-order valence-electron chi connectivity index (χ2n) is 3.69. The average Bonchev–Trinajstić information content (AvgIpc) is 2.73. The fourth-order valence-electron chi connectivity index (χ4n) is 1.43. The maximum absolute atomic E-state index is 11.0. The van der Waals surface area contributed by atoms with Gasteiger partial charge in [-0.1, -0.05) is 0 Å². The van der Waals surface area contributed by atoms with Crippen molar-refractivity contribution in [2.75, 3.05) is 11.1 Å². The van der Waals surface area contributed by atoms with Gasteiger partial charge in [-0.2, -0.15) is 0 Å². The van der Waals surface area contributed by atoms with Gasteiger partial charge in [-0.3, -0.25) is 0 Å².